The lowest BCUT2D eigenvalue weighted by atomic mass is 10.1. The number of hydrogen-bond acceptors (Lipinski definition) is 3. The van der Waals surface area contributed by atoms with Crippen molar-refractivity contribution in [2.24, 2.45) is 0 Å². The Kier molecular flexibility index (Phi) is 6.20. The third-order valence-corrected chi connectivity index (χ3v) is 2.32. The van der Waals surface area contributed by atoms with E-state index in [4.69, 9.17) is 5.11 Å². The molecule has 1 aromatic carbocycles. The summed E-state index contributed by atoms with van der Waals surface area (Å²) in [5.74, 6) is 3.53. The van der Waals surface area contributed by atoms with Crippen LogP contribution in [-0.4, -0.2) is 36.6 Å². The second kappa shape index (κ2) is 7.92. The number of amides is 2. The number of benzene rings is 1. The molecule has 0 aromatic heterocycles. The van der Waals surface area contributed by atoms with Gasteiger partial charge in [0, 0.05) is 25.6 Å². The van der Waals surface area contributed by atoms with Crippen LogP contribution in [0, 0.1) is 17.7 Å². The number of carbonyl (C=O) groups excluding carboxylic acids is 2. The lowest BCUT2D eigenvalue weighted by Gasteiger charge is -2.06. The first-order valence-corrected chi connectivity index (χ1v) is 5.96. The first kappa shape index (κ1) is 15.7. The summed E-state index contributed by atoms with van der Waals surface area (Å²) in [5, 5.41) is 13.6. The van der Waals surface area contributed by atoms with Gasteiger partial charge in [-0.3, -0.25) is 9.59 Å². The minimum absolute atomic E-state index is 0.119. The van der Waals surface area contributed by atoms with E-state index in [0.717, 1.165) is 6.07 Å². The molecular weight excluding hydrogens is 263 g/mol. The van der Waals surface area contributed by atoms with Gasteiger partial charge in [-0.05, 0) is 18.2 Å². The van der Waals surface area contributed by atoms with Gasteiger partial charge >= 0.3 is 0 Å². The van der Waals surface area contributed by atoms with Gasteiger partial charge in [-0.2, -0.15) is 0 Å². The highest BCUT2D eigenvalue weighted by Crippen LogP contribution is 2.09. The zero-order chi connectivity index (χ0) is 15.0. The van der Waals surface area contributed by atoms with Crippen molar-refractivity contribution in [3.63, 3.8) is 0 Å². The molecule has 20 heavy (non-hydrogen) atoms. The molecule has 106 valence electrons. The molecule has 0 saturated heterocycles. The predicted octanol–water partition coefficient (Wildman–Crippen LogP) is 0.0354. The monoisotopic (exact) mass is 278 g/mol. The Morgan fingerprint density at radius 2 is 2.00 bits per heavy atom. The third kappa shape index (κ3) is 5.08. The second-order valence-electron chi connectivity index (χ2n) is 3.89. The van der Waals surface area contributed by atoms with Crippen molar-refractivity contribution >= 4 is 11.8 Å². The van der Waals surface area contributed by atoms with Crippen molar-refractivity contribution in [2.75, 3.05) is 19.7 Å². The van der Waals surface area contributed by atoms with E-state index in [1.807, 2.05) is 0 Å². The van der Waals surface area contributed by atoms with Gasteiger partial charge in [0.25, 0.3) is 5.91 Å². The van der Waals surface area contributed by atoms with Crippen LogP contribution in [-0.2, 0) is 4.79 Å². The maximum atomic E-state index is 13.6. The maximum absolute atomic E-state index is 13.6. The molecule has 0 spiro atoms. The molecule has 0 heterocycles. The SMILES string of the molecule is CC(=O)NCCNC(=O)c1ccc(C#CCO)c(F)c1. The quantitative estimate of drug-likeness (QED) is 0.537. The molecule has 0 aliphatic carbocycles. The molecular formula is C14H15FN2O3. The van der Waals surface area contributed by atoms with Gasteiger partial charge in [0.05, 0.1) is 5.56 Å². The van der Waals surface area contributed by atoms with E-state index in [1.54, 1.807) is 0 Å². The van der Waals surface area contributed by atoms with Crippen molar-refractivity contribution in [1.29, 1.82) is 0 Å². The minimum atomic E-state index is -0.625. The molecule has 2 amide bonds. The van der Waals surface area contributed by atoms with Crippen LogP contribution in [0.15, 0.2) is 18.2 Å². The van der Waals surface area contributed by atoms with Crippen molar-refractivity contribution in [2.45, 2.75) is 6.92 Å². The Labute approximate surface area is 116 Å². The molecule has 0 aliphatic rings. The van der Waals surface area contributed by atoms with Crippen LogP contribution in [0.3, 0.4) is 0 Å². The van der Waals surface area contributed by atoms with Crippen molar-refractivity contribution in [3.8, 4) is 11.8 Å². The van der Waals surface area contributed by atoms with E-state index in [-0.39, 0.29) is 30.2 Å². The van der Waals surface area contributed by atoms with Crippen LogP contribution < -0.4 is 10.6 Å². The van der Waals surface area contributed by atoms with E-state index < -0.39 is 11.7 Å². The number of aliphatic hydroxyl groups is 1. The lowest BCUT2D eigenvalue weighted by molar-refractivity contribution is -0.118. The summed E-state index contributed by atoms with van der Waals surface area (Å²) >= 11 is 0. The van der Waals surface area contributed by atoms with Gasteiger partial charge in [-0.25, -0.2) is 4.39 Å². The Hall–Kier alpha value is -2.39. The second-order valence-corrected chi connectivity index (χ2v) is 3.89. The highest BCUT2D eigenvalue weighted by atomic mass is 19.1. The lowest BCUT2D eigenvalue weighted by Crippen LogP contribution is -2.33. The summed E-state index contributed by atoms with van der Waals surface area (Å²) in [6.45, 7) is 1.59. The molecule has 3 N–H and O–H groups in total. The third-order valence-electron chi connectivity index (χ3n) is 2.32. The largest absolute Gasteiger partial charge is 0.384 e. The Bertz CT molecular complexity index is 561. The molecule has 1 rings (SSSR count). The van der Waals surface area contributed by atoms with Crippen molar-refractivity contribution < 1.29 is 19.1 Å². The van der Waals surface area contributed by atoms with Crippen molar-refractivity contribution in [1.82, 2.24) is 10.6 Å². The first-order valence-electron chi connectivity index (χ1n) is 5.96. The van der Waals surface area contributed by atoms with Crippen molar-refractivity contribution in [3.05, 3.63) is 35.1 Å². The molecule has 0 unspecified atom stereocenters. The molecule has 6 heteroatoms. The van der Waals surface area contributed by atoms with Crippen LogP contribution in [0.1, 0.15) is 22.8 Å². The van der Waals surface area contributed by atoms with Crippen LogP contribution in [0.25, 0.3) is 0 Å². The molecule has 1 aromatic rings. The smallest absolute Gasteiger partial charge is 0.251 e. The number of aliphatic hydroxyl groups excluding tert-OH is 1. The topological polar surface area (TPSA) is 78.4 Å². The summed E-state index contributed by atoms with van der Waals surface area (Å²) in [4.78, 5) is 22.3. The van der Waals surface area contributed by atoms with Crippen LogP contribution in [0.2, 0.25) is 0 Å². The van der Waals surface area contributed by atoms with Gasteiger partial charge in [0.1, 0.15) is 12.4 Å². The normalized spacial score (nSPS) is 9.35. The average molecular weight is 278 g/mol. The van der Waals surface area contributed by atoms with Gasteiger partial charge in [0.2, 0.25) is 5.91 Å². The van der Waals surface area contributed by atoms with Gasteiger partial charge in [0.15, 0.2) is 0 Å². The number of carbonyl (C=O) groups is 2. The molecule has 0 radical (unpaired) electrons. The van der Waals surface area contributed by atoms with Gasteiger partial charge in [-0.15, -0.1) is 0 Å². The summed E-state index contributed by atoms with van der Waals surface area (Å²) in [6.07, 6.45) is 0. The fourth-order valence-electron chi connectivity index (χ4n) is 1.41. The molecule has 5 nitrogen and oxygen atoms in total. The summed E-state index contributed by atoms with van der Waals surface area (Å²) in [7, 11) is 0. The molecule has 0 saturated carbocycles. The number of rotatable bonds is 4. The van der Waals surface area contributed by atoms with Crippen LogP contribution >= 0.6 is 0 Å². The van der Waals surface area contributed by atoms with E-state index in [9.17, 15) is 14.0 Å². The Morgan fingerprint density at radius 3 is 2.60 bits per heavy atom. The van der Waals surface area contributed by atoms with Gasteiger partial charge < -0.3 is 15.7 Å². The van der Waals surface area contributed by atoms with E-state index in [1.165, 1.54) is 19.1 Å². The summed E-state index contributed by atoms with van der Waals surface area (Å²) < 4.78 is 13.6. The van der Waals surface area contributed by atoms with Crippen LogP contribution in [0.5, 0.6) is 0 Å². The zero-order valence-corrected chi connectivity index (χ0v) is 11.0. The van der Waals surface area contributed by atoms with E-state index in [2.05, 4.69) is 22.5 Å². The number of halogens is 1. The maximum Gasteiger partial charge on any atom is 0.251 e. The average Bonchev–Trinajstić information content (AvgIpc) is 2.41. The fraction of sp³-hybridized carbons (Fsp3) is 0.286. The molecule has 0 atom stereocenters. The fourth-order valence-corrected chi connectivity index (χ4v) is 1.41. The van der Waals surface area contributed by atoms with Gasteiger partial charge in [-0.1, -0.05) is 11.8 Å². The summed E-state index contributed by atoms with van der Waals surface area (Å²) in [5.41, 5.74) is 0.286. The Morgan fingerprint density at radius 1 is 1.30 bits per heavy atom. The highest BCUT2D eigenvalue weighted by molar-refractivity contribution is 5.94. The zero-order valence-electron chi connectivity index (χ0n) is 11.0. The number of nitrogens with one attached hydrogen (secondary N) is 2. The predicted molar refractivity (Wildman–Crippen MR) is 71.4 cm³/mol. The van der Waals surface area contributed by atoms with Crippen LogP contribution in [0.4, 0.5) is 4.39 Å². The van der Waals surface area contributed by atoms with E-state index >= 15 is 0 Å². The Balaban J connectivity index is 2.61. The standard InChI is InChI=1S/C14H15FN2O3/c1-10(19)16-6-7-17-14(20)12-5-4-11(3-2-8-18)13(15)9-12/h4-5,9,18H,6-8H2,1H3,(H,16,19)(H,17,20). The highest BCUT2D eigenvalue weighted by Gasteiger charge is 2.08. The molecule has 0 aliphatic heterocycles. The summed E-state index contributed by atoms with van der Waals surface area (Å²) in [6, 6.07) is 3.90. The molecule has 0 fully saturated rings. The minimum Gasteiger partial charge on any atom is -0.384 e. The first-order chi connectivity index (χ1) is 9.54. The number of hydrogen-bond donors (Lipinski definition) is 3. The van der Waals surface area contributed by atoms with E-state index in [0.29, 0.717) is 6.54 Å². The molecule has 0 bridgehead atoms.